The molecule has 6 nitrogen and oxygen atoms in total. The lowest BCUT2D eigenvalue weighted by molar-refractivity contribution is -0.119. The third kappa shape index (κ3) is 6.19. The molecule has 0 atom stereocenters. The highest BCUT2D eigenvalue weighted by atomic mass is 35.5. The molecule has 1 aromatic rings. The second-order valence-corrected chi connectivity index (χ2v) is 8.57. The highest BCUT2D eigenvalue weighted by molar-refractivity contribution is 7.92. The molecule has 1 rings (SSSR count). The lowest BCUT2D eigenvalue weighted by atomic mass is 9.91. The highest BCUT2D eigenvalue weighted by Gasteiger charge is 2.21. The van der Waals surface area contributed by atoms with Gasteiger partial charge in [-0.1, -0.05) is 32.4 Å². The summed E-state index contributed by atoms with van der Waals surface area (Å²) in [5, 5.41) is 4.50. The van der Waals surface area contributed by atoms with Crippen LogP contribution in [0.15, 0.2) is 29.4 Å². The van der Waals surface area contributed by atoms with E-state index in [0.717, 1.165) is 16.3 Å². The molecule has 0 saturated carbocycles. The Balaban J connectivity index is 2.92. The van der Waals surface area contributed by atoms with Crippen molar-refractivity contribution in [3.63, 3.8) is 0 Å². The summed E-state index contributed by atoms with van der Waals surface area (Å²) in [6, 6.07) is 6.21. The predicted molar refractivity (Wildman–Crippen MR) is 94.3 cm³/mol. The number of hydrogen-bond acceptors (Lipinski definition) is 4. The van der Waals surface area contributed by atoms with Crippen molar-refractivity contribution in [1.29, 1.82) is 0 Å². The molecule has 0 aliphatic rings. The van der Waals surface area contributed by atoms with E-state index < -0.39 is 15.9 Å². The van der Waals surface area contributed by atoms with Gasteiger partial charge in [-0.2, -0.15) is 5.10 Å². The Hall–Kier alpha value is -1.60. The van der Waals surface area contributed by atoms with Crippen LogP contribution in [0.5, 0.6) is 0 Å². The van der Waals surface area contributed by atoms with E-state index in [1.165, 1.54) is 0 Å². The van der Waals surface area contributed by atoms with Gasteiger partial charge in [0.15, 0.2) is 0 Å². The maximum Gasteiger partial charge on any atom is 0.260 e. The largest absolute Gasteiger partial charge is 0.271 e. The van der Waals surface area contributed by atoms with E-state index in [0.29, 0.717) is 10.7 Å². The maximum atomic E-state index is 12.0. The first kappa shape index (κ1) is 19.4. The number of benzene rings is 1. The third-order valence-electron chi connectivity index (χ3n) is 3.24. The fraction of sp³-hybridized carbons (Fsp3) is 0.467. The number of nitrogens with zero attached hydrogens (tertiary/aromatic N) is 2. The summed E-state index contributed by atoms with van der Waals surface area (Å²) in [6.07, 6.45) is 1.04. The average Bonchev–Trinajstić information content (AvgIpc) is 2.41. The Kier molecular flexibility index (Phi) is 6.18. The molecular weight excluding hydrogens is 338 g/mol. The van der Waals surface area contributed by atoms with E-state index in [9.17, 15) is 13.2 Å². The van der Waals surface area contributed by atoms with E-state index in [2.05, 4.69) is 10.5 Å². The lowest BCUT2D eigenvalue weighted by Crippen LogP contribution is -2.39. The number of carbonyl (C=O) groups is 1. The standard InChI is InChI=1S/C15H22ClN3O3S/c1-11(15(2,3)4)17-18-14(20)10-19(23(5,21)22)13-8-6-12(16)7-9-13/h6-9H,10H2,1-5H3,(H,18,20). The minimum atomic E-state index is -3.61. The number of hydrogen-bond donors (Lipinski definition) is 1. The van der Waals surface area contributed by atoms with Crippen molar-refractivity contribution in [2.75, 3.05) is 17.1 Å². The summed E-state index contributed by atoms with van der Waals surface area (Å²) in [6.45, 7) is 7.34. The van der Waals surface area contributed by atoms with E-state index in [4.69, 9.17) is 11.6 Å². The van der Waals surface area contributed by atoms with Gasteiger partial charge in [0.2, 0.25) is 10.0 Å². The molecule has 0 spiro atoms. The van der Waals surface area contributed by atoms with Gasteiger partial charge in [-0.25, -0.2) is 13.8 Å². The number of rotatable bonds is 5. The van der Waals surface area contributed by atoms with Crippen LogP contribution in [0.25, 0.3) is 0 Å². The summed E-state index contributed by atoms with van der Waals surface area (Å²) in [4.78, 5) is 12.0. The zero-order valence-corrected chi connectivity index (χ0v) is 15.5. The molecule has 0 unspecified atom stereocenters. The van der Waals surface area contributed by atoms with Crippen molar-refractivity contribution in [1.82, 2.24) is 5.43 Å². The van der Waals surface area contributed by atoms with Gasteiger partial charge in [-0.3, -0.25) is 9.10 Å². The quantitative estimate of drug-likeness (QED) is 0.648. The van der Waals surface area contributed by atoms with Crippen LogP contribution >= 0.6 is 11.6 Å². The molecule has 0 bridgehead atoms. The van der Waals surface area contributed by atoms with Crippen molar-refractivity contribution >= 4 is 38.9 Å². The monoisotopic (exact) mass is 359 g/mol. The summed E-state index contributed by atoms with van der Waals surface area (Å²) in [5.74, 6) is -0.519. The van der Waals surface area contributed by atoms with Gasteiger partial charge in [0.25, 0.3) is 5.91 Å². The van der Waals surface area contributed by atoms with Gasteiger partial charge in [-0.05, 0) is 31.2 Å². The number of sulfonamides is 1. The minimum absolute atomic E-state index is 0.181. The molecule has 8 heteroatoms. The van der Waals surface area contributed by atoms with Gasteiger partial charge < -0.3 is 0 Å². The molecule has 0 saturated heterocycles. The first-order valence-corrected chi connectivity index (χ1v) is 9.21. The molecular formula is C15H22ClN3O3S. The van der Waals surface area contributed by atoms with Crippen LogP contribution in [-0.4, -0.2) is 32.8 Å². The lowest BCUT2D eigenvalue weighted by Gasteiger charge is -2.22. The van der Waals surface area contributed by atoms with Gasteiger partial charge in [0, 0.05) is 16.1 Å². The van der Waals surface area contributed by atoms with E-state index in [1.54, 1.807) is 31.2 Å². The summed E-state index contributed by atoms with van der Waals surface area (Å²) in [5.41, 5.74) is 3.31. The maximum absolute atomic E-state index is 12.0. The topological polar surface area (TPSA) is 78.8 Å². The van der Waals surface area contributed by atoms with Crippen molar-refractivity contribution in [3.05, 3.63) is 29.3 Å². The molecule has 0 heterocycles. The Labute approximate surface area is 142 Å². The number of amides is 1. The number of halogens is 1. The van der Waals surface area contributed by atoms with Crippen molar-refractivity contribution in [3.8, 4) is 0 Å². The SMILES string of the molecule is CC(=NNC(=O)CN(c1ccc(Cl)cc1)S(C)(=O)=O)C(C)(C)C. The Morgan fingerprint density at radius 3 is 2.22 bits per heavy atom. The molecule has 0 fully saturated rings. The van der Waals surface area contributed by atoms with Crippen LogP contribution in [0.4, 0.5) is 5.69 Å². The summed E-state index contributed by atoms with van der Waals surface area (Å²) < 4.78 is 24.9. The molecule has 0 radical (unpaired) electrons. The van der Waals surface area contributed by atoms with Gasteiger partial charge >= 0.3 is 0 Å². The van der Waals surface area contributed by atoms with Crippen LogP contribution in [0, 0.1) is 5.41 Å². The van der Waals surface area contributed by atoms with Crippen molar-refractivity contribution < 1.29 is 13.2 Å². The normalized spacial score (nSPS) is 12.9. The molecule has 1 aromatic carbocycles. The van der Waals surface area contributed by atoms with E-state index in [1.807, 2.05) is 20.8 Å². The van der Waals surface area contributed by atoms with Gasteiger partial charge in [0.1, 0.15) is 6.54 Å². The molecule has 0 aliphatic heterocycles. The molecule has 0 aromatic heterocycles. The van der Waals surface area contributed by atoms with Crippen LogP contribution < -0.4 is 9.73 Å². The molecule has 0 aliphatic carbocycles. The molecule has 23 heavy (non-hydrogen) atoms. The Morgan fingerprint density at radius 2 is 1.78 bits per heavy atom. The molecule has 1 N–H and O–H groups in total. The van der Waals surface area contributed by atoms with Crippen LogP contribution in [-0.2, 0) is 14.8 Å². The number of hydrazone groups is 1. The fourth-order valence-electron chi connectivity index (χ4n) is 1.49. The second-order valence-electron chi connectivity index (χ2n) is 6.23. The van der Waals surface area contributed by atoms with Crippen molar-refractivity contribution in [2.45, 2.75) is 27.7 Å². The zero-order valence-electron chi connectivity index (χ0n) is 13.9. The van der Waals surface area contributed by atoms with E-state index in [-0.39, 0.29) is 12.0 Å². The van der Waals surface area contributed by atoms with Crippen LogP contribution in [0.2, 0.25) is 5.02 Å². The first-order valence-electron chi connectivity index (χ1n) is 6.98. The molecule has 128 valence electrons. The Morgan fingerprint density at radius 1 is 1.26 bits per heavy atom. The van der Waals surface area contributed by atoms with E-state index >= 15 is 0 Å². The van der Waals surface area contributed by atoms with Crippen LogP contribution in [0.3, 0.4) is 0 Å². The summed E-state index contributed by atoms with van der Waals surface area (Å²) >= 11 is 5.80. The summed E-state index contributed by atoms with van der Waals surface area (Å²) in [7, 11) is -3.61. The van der Waals surface area contributed by atoms with Gasteiger partial charge in [0.05, 0.1) is 11.9 Å². The van der Waals surface area contributed by atoms with Crippen LogP contribution in [0.1, 0.15) is 27.7 Å². The zero-order chi connectivity index (χ0) is 17.8. The first-order chi connectivity index (χ1) is 10.4. The number of nitrogens with one attached hydrogen (secondary N) is 1. The third-order valence-corrected chi connectivity index (χ3v) is 4.63. The van der Waals surface area contributed by atoms with Crippen molar-refractivity contribution in [2.24, 2.45) is 10.5 Å². The van der Waals surface area contributed by atoms with Gasteiger partial charge in [-0.15, -0.1) is 0 Å². The number of anilines is 1. The Bertz CT molecular complexity index is 692. The highest BCUT2D eigenvalue weighted by Crippen LogP contribution is 2.20. The minimum Gasteiger partial charge on any atom is -0.271 e. The molecule has 1 amide bonds. The number of carbonyl (C=O) groups excluding carboxylic acids is 1. The predicted octanol–water partition coefficient (Wildman–Crippen LogP) is 2.64. The smallest absolute Gasteiger partial charge is 0.260 e. The fourth-order valence-corrected chi connectivity index (χ4v) is 2.47. The second kappa shape index (κ2) is 7.31. The average molecular weight is 360 g/mol.